The summed E-state index contributed by atoms with van der Waals surface area (Å²) in [5.41, 5.74) is 4.72. The molecule has 1 saturated heterocycles. The molecule has 3 aromatic carbocycles. The molecule has 0 unspecified atom stereocenters. The molecule has 0 radical (unpaired) electrons. The lowest BCUT2D eigenvalue weighted by Gasteiger charge is -2.36. The summed E-state index contributed by atoms with van der Waals surface area (Å²) in [6.45, 7) is 1.76. The predicted octanol–water partition coefficient (Wildman–Crippen LogP) is 6.65. The van der Waals surface area contributed by atoms with Crippen molar-refractivity contribution in [3.8, 4) is 16.9 Å². The summed E-state index contributed by atoms with van der Waals surface area (Å²) in [5, 5.41) is 15.6. The molecule has 4 rings (SSSR count). The Bertz CT molecular complexity index is 1370. The molecule has 8 nitrogen and oxygen atoms in total. The number of nitrogens with one attached hydrogen (secondary N) is 2. The Labute approximate surface area is 253 Å². The van der Waals surface area contributed by atoms with E-state index in [0.717, 1.165) is 59.9 Å². The number of carbonyl (C=O) groups excluding carboxylic acids is 2. The molecule has 0 saturated carbocycles. The molecule has 1 heterocycles. The van der Waals surface area contributed by atoms with Gasteiger partial charge in [-0.3, -0.25) is 10.1 Å². The number of quaternary nitrogens is 1. The van der Waals surface area contributed by atoms with E-state index < -0.39 is 6.09 Å². The van der Waals surface area contributed by atoms with Gasteiger partial charge in [0.1, 0.15) is 11.9 Å². The van der Waals surface area contributed by atoms with Crippen molar-refractivity contribution in [2.24, 2.45) is 0 Å². The number of benzene rings is 3. The fourth-order valence-electron chi connectivity index (χ4n) is 5.20. The van der Waals surface area contributed by atoms with Gasteiger partial charge in [0, 0.05) is 36.5 Å². The van der Waals surface area contributed by atoms with Crippen LogP contribution in [0.4, 0.5) is 16.2 Å². The monoisotopic (exact) mass is 594 g/mol. The van der Waals surface area contributed by atoms with Gasteiger partial charge in [-0.1, -0.05) is 54.1 Å². The molecule has 224 valence electrons. The van der Waals surface area contributed by atoms with Crippen molar-refractivity contribution in [1.82, 2.24) is 0 Å². The number of methoxy groups -OCH3 is 1. The minimum atomic E-state index is -0.430. The summed E-state index contributed by atoms with van der Waals surface area (Å²) in [6.07, 6.45) is 3.75. The number of aliphatic hydroxyl groups is 1. The Morgan fingerprint density at radius 3 is 2.40 bits per heavy atom. The number of halogens is 1. The Hall–Kier alpha value is -3.59. The largest absolute Gasteiger partial charge is 0.496 e. The molecule has 0 aliphatic carbocycles. The Morgan fingerprint density at radius 1 is 0.976 bits per heavy atom. The number of anilines is 2. The lowest BCUT2D eigenvalue weighted by molar-refractivity contribution is -0.896. The highest BCUT2D eigenvalue weighted by Crippen LogP contribution is 2.32. The summed E-state index contributed by atoms with van der Waals surface area (Å²) in [6, 6.07) is 19.3. The van der Waals surface area contributed by atoms with E-state index in [-0.39, 0.29) is 18.6 Å². The first-order chi connectivity index (χ1) is 20.2. The van der Waals surface area contributed by atoms with Crippen LogP contribution in [0.3, 0.4) is 0 Å². The van der Waals surface area contributed by atoms with Crippen LogP contribution < -0.4 is 15.4 Å². The van der Waals surface area contributed by atoms with E-state index in [1.807, 2.05) is 42.5 Å². The first kappa shape index (κ1) is 31.3. The van der Waals surface area contributed by atoms with Crippen molar-refractivity contribution in [1.29, 1.82) is 0 Å². The molecule has 3 aromatic rings. The van der Waals surface area contributed by atoms with Crippen LogP contribution in [0.2, 0.25) is 5.02 Å². The highest BCUT2D eigenvalue weighted by atomic mass is 35.5. The molecular formula is C33H41ClN3O5+. The van der Waals surface area contributed by atoms with Crippen LogP contribution in [0, 0.1) is 0 Å². The fraction of sp³-hybridized carbons (Fsp3) is 0.394. The molecule has 0 atom stereocenters. The van der Waals surface area contributed by atoms with E-state index in [4.69, 9.17) is 21.1 Å². The first-order valence-corrected chi connectivity index (χ1v) is 14.8. The SMILES string of the molecule is COc1cc(NC(=O)CCCCc2ccc(-c3ccccc3)c(NC(=O)OC3CC[N+](C)(C)CC3)c2)c(Cl)cc1CO. The highest BCUT2D eigenvalue weighted by Gasteiger charge is 2.28. The van der Waals surface area contributed by atoms with E-state index in [2.05, 4.69) is 30.8 Å². The van der Waals surface area contributed by atoms with Crippen LogP contribution in [0.1, 0.15) is 43.2 Å². The van der Waals surface area contributed by atoms with E-state index in [1.54, 1.807) is 12.1 Å². The zero-order valence-electron chi connectivity index (χ0n) is 24.6. The average molecular weight is 595 g/mol. The third-order valence-electron chi connectivity index (χ3n) is 7.73. The number of nitrogens with zero attached hydrogens (tertiary/aromatic N) is 1. The second kappa shape index (κ2) is 14.5. The third-order valence-corrected chi connectivity index (χ3v) is 8.04. The van der Waals surface area contributed by atoms with Crippen molar-refractivity contribution in [3.05, 3.63) is 76.8 Å². The van der Waals surface area contributed by atoms with Gasteiger partial charge in [-0.15, -0.1) is 0 Å². The number of unbranched alkanes of at least 4 members (excludes halogenated alkanes) is 1. The van der Waals surface area contributed by atoms with Crippen molar-refractivity contribution in [2.75, 3.05) is 44.9 Å². The summed E-state index contributed by atoms with van der Waals surface area (Å²) >= 11 is 6.28. The van der Waals surface area contributed by atoms with Crippen LogP contribution in [0.5, 0.6) is 5.75 Å². The lowest BCUT2D eigenvalue weighted by atomic mass is 9.99. The number of hydrogen-bond donors (Lipinski definition) is 3. The summed E-state index contributed by atoms with van der Waals surface area (Å²) in [4.78, 5) is 25.5. The van der Waals surface area contributed by atoms with Crippen LogP contribution in [0.15, 0.2) is 60.7 Å². The van der Waals surface area contributed by atoms with Gasteiger partial charge in [0.25, 0.3) is 0 Å². The molecule has 1 fully saturated rings. The maximum absolute atomic E-state index is 12.9. The van der Waals surface area contributed by atoms with Crippen molar-refractivity contribution < 1.29 is 28.7 Å². The van der Waals surface area contributed by atoms with Crippen molar-refractivity contribution >= 4 is 35.0 Å². The Morgan fingerprint density at radius 2 is 1.71 bits per heavy atom. The number of amides is 2. The highest BCUT2D eigenvalue weighted by molar-refractivity contribution is 6.33. The van der Waals surface area contributed by atoms with E-state index in [1.165, 1.54) is 7.11 Å². The first-order valence-electron chi connectivity index (χ1n) is 14.4. The predicted molar refractivity (Wildman–Crippen MR) is 167 cm³/mol. The second-order valence-electron chi connectivity index (χ2n) is 11.4. The lowest BCUT2D eigenvalue weighted by Crippen LogP contribution is -2.48. The fourth-order valence-corrected chi connectivity index (χ4v) is 5.44. The molecule has 2 amide bonds. The standard InChI is InChI=1S/C33H40ClN3O5/c1-37(2)17-15-26(16-18-37)42-33(40)36-29-19-23(13-14-27(29)24-10-5-4-6-11-24)9-7-8-12-32(39)35-30-21-31(41-3)25(22-38)20-28(30)34/h4-6,10-11,13-14,19-21,26,38H,7-9,12,15-18,22H2,1-3H3,(H-,35,36,39,40)/p+1. The third kappa shape index (κ3) is 8.71. The molecule has 0 bridgehead atoms. The molecular weight excluding hydrogens is 554 g/mol. The zero-order valence-corrected chi connectivity index (χ0v) is 25.4. The van der Waals surface area contributed by atoms with Crippen LogP contribution in [-0.2, 0) is 22.6 Å². The molecule has 1 aliphatic heterocycles. The summed E-state index contributed by atoms with van der Waals surface area (Å²) < 4.78 is 12.0. The van der Waals surface area contributed by atoms with Gasteiger partial charge < -0.3 is 24.4 Å². The number of carbonyl (C=O) groups is 2. The minimum absolute atomic E-state index is 0.0748. The maximum atomic E-state index is 12.9. The number of piperidine rings is 1. The smallest absolute Gasteiger partial charge is 0.411 e. The summed E-state index contributed by atoms with van der Waals surface area (Å²) in [5.74, 6) is 0.316. The maximum Gasteiger partial charge on any atom is 0.411 e. The van der Waals surface area contributed by atoms with Crippen LogP contribution >= 0.6 is 11.6 Å². The number of ether oxygens (including phenoxy) is 2. The molecule has 0 aromatic heterocycles. The quantitative estimate of drug-likeness (QED) is 0.171. The normalized spacial score (nSPS) is 14.7. The molecule has 1 aliphatic rings. The Kier molecular flexibility index (Phi) is 10.8. The number of likely N-dealkylation sites (tertiary alicyclic amines) is 1. The molecule has 9 heteroatoms. The van der Waals surface area contributed by atoms with E-state index in [9.17, 15) is 14.7 Å². The average Bonchev–Trinajstić information content (AvgIpc) is 2.98. The number of hydrogen-bond acceptors (Lipinski definition) is 5. The van der Waals surface area contributed by atoms with Crippen molar-refractivity contribution in [2.45, 2.75) is 51.2 Å². The number of aliphatic hydroxyl groups excluding tert-OH is 1. The van der Waals surface area contributed by atoms with Gasteiger partial charge in [0.15, 0.2) is 0 Å². The van der Waals surface area contributed by atoms with Gasteiger partial charge in [0.05, 0.1) is 57.3 Å². The van der Waals surface area contributed by atoms with E-state index >= 15 is 0 Å². The number of rotatable bonds is 11. The van der Waals surface area contributed by atoms with Gasteiger partial charge in [0.2, 0.25) is 5.91 Å². The van der Waals surface area contributed by atoms with Gasteiger partial charge >= 0.3 is 6.09 Å². The van der Waals surface area contributed by atoms with Gasteiger partial charge in [-0.25, -0.2) is 4.79 Å². The molecule has 42 heavy (non-hydrogen) atoms. The molecule has 0 spiro atoms. The topological polar surface area (TPSA) is 96.9 Å². The van der Waals surface area contributed by atoms with Gasteiger partial charge in [-0.2, -0.15) is 0 Å². The molecule has 3 N–H and O–H groups in total. The zero-order chi connectivity index (χ0) is 30.1. The van der Waals surface area contributed by atoms with Gasteiger partial charge in [-0.05, 0) is 42.5 Å². The second-order valence-corrected chi connectivity index (χ2v) is 11.8. The minimum Gasteiger partial charge on any atom is -0.496 e. The summed E-state index contributed by atoms with van der Waals surface area (Å²) in [7, 11) is 5.90. The van der Waals surface area contributed by atoms with Crippen molar-refractivity contribution in [3.63, 3.8) is 0 Å². The number of aryl methyl sites for hydroxylation is 1. The van der Waals surface area contributed by atoms with Crippen LogP contribution in [-0.4, -0.2) is 62.0 Å². The van der Waals surface area contributed by atoms with E-state index in [0.29, 0.717) is 40.6 Å². The van der Waals surface area contributed by atoms with Crippen LogP contribution in [0.25, 0.3) is 11.1 Å². The Balaban J connectivity index is 1.35.